The van der Waals surface area contributed by atoms with E-state index in [1.54, 1.807) is 35.1 Å². The first-order valence-electron chi connectivity index (χ1n) is 8.58. The number of H-pyrrole nitrogens is 1. The molecule has 3 aromatic rings. The van der Waals surface area contributed by atoms with E-state index in [1.165, 1.54) is 4.57 Å². The summed E-state index contributed by atoms with van der Waals surface area (Å²) < 4.78 is 3.62. The van der Waals surface area contributed by atoms with Gasteiger partial charge >= 0.3 is 0 Å². The summed E-state index contributed by atoms with van der Waals surface area (Å²) >= 11 is 5.22. The third-order valence-electron chi connectivity index (χ3n) is 4.48. The Labute approximate surface area is 155 Å². The minimum Gasteiger partial charge on any atom is -0.332 e. The monoisotopic (exact) mass is 371 g/mol. The van der Waals surface area contributed by atoms with E-state index in [0.29, 0.717) is 33.6 Å². The second-order valence-corrected chi connectivity index (χ2v) is 6.50. The molecule has 0 aliphatic heterocycles. The van der Waals surface area contributed by atoms with Crippen LogP contribution in [-0.4, -0.2) is 25.2 Å². The number of aromatic amines is 1. The molecule has 0 radical (unpaired) electrons. The number of nitrogens with one attached hydrogen (secondary N) is 2. The summed E-state index contributed by atoms with van der Waals surface area (Å²) in [5.41, 5.74) is 0.828. The topological polar surface area (TPSA) is 84.7 Å². The predicted molar refractivity (Wildman–Crippen MR) is 104 cm³/mol. The Morgan fingerprint density at radius 2 is 2.12 bits per heavy atom. The molecule has 136 valence electrons. The fraction of sp³-hybridized carbons (Fsp3) is 0.333. The Morgan fingerprint density at radius 3 is 2.81 bits per heavy atom. The number of rotatable bonds is 5. The molecule has 1 aromatic carbocycles. The second-order valence-electron chi connectivity index (χ2n) is 6.11. The number of fused-ring (bicyclic) bond motifs is 1. The highest BCUT2D eigenvalue weighted by molar-refractivity contribution is 7.71. The van der Waals surface area contributed by atoms with Crippen molar-refractivity contribution in [2.24, 2.45) is 0 Å². The van der Waals surface area contributed by atoms with Gasteiger partial charge in [0.05, 0.1) is 23.1 Å². The summed E-state index contributed by atoms with van der Waals surface area (Å²) in [6, 6.07) is 6.88. The minimum atomic E-state index is -0.268. The molecule has 7 nitrogen and oxygen atoms in total. The van der Waals surface area contributed by atoms with Crippen LogP contribution in [0.15, 0.2) is 35.3 Å². The number of aromatic nitrogens is 4. The van der Waals surface area contributed by atoms with Gasteiger partial charge in [-0.1, -0.05) is 6.92 Å². The lowest BCUT2D eigenvalue weighted by Gasteiger charge is -2.14. The van der Waals surface area contributed by atoms with Crippen LogP contribution in [0, 0.1) is 4.77 Å². The maximum Gasteiger partial charge on any atom is 0.262 e. The first-order chi connectivity index (χ1) is 12.5. The van der Waals surface area contributed by atoms with E-state index in [4.69, 9.17) is 12.2 Å². The summed E-state index contributed by atoms with van der Waals surface area (Å²) in [7, 11) is 0. The van der Waals surface area contributed by atoms with E-state index >= 15 is 0 Å². The Balaban J connectivity index is 1.96. The molecule has 0 aliphatic carbocycles. The quantitative estimate of drug-likeness (QED) is 0.672. The van der Waals surface area contributed by atoms with Gasteiger partial charge in [-0.05, 0) is 50.7 Å². The highest BCUT2D eigenvalue weighted by atomic mass is 32.1. The van der Waals surface area contributed by atoms with Crippen LogP contribution in [-0.2, 0) is 6.54 Å². The number of carbonyl (C=O) groups is 1. The van der Waals surface area contributed by atoms with Crippen molar-refractivity contribution in [3.63, 3.8) is 0 Å². The van der Waals surface area contributed by atoms with Gasteiger partial charge in [0.15, 0.2) is 4.77 Å². The molecule has 1 unspecified atom stereocenters. The zero-order valence-corrected chi connectivity index (χ0v) is 15.8. The number of anilines is 1. The average Bonchev–Trinajstić information content (AvgIpc) is 3.09. The van der Waals surface area contributed by atoms with Crippen LogP contribution in [0.25, 0.3) is 10.9 Å². The molecule has 26 heavy (non-hydrogen) atoms. The van der Waals surface area contributed by atoms with Crippen molar-refractivity contribution in [3.8, 4) is 0 Å². The van der Waals surface area contributed by atoms with Crippen molar-refractivity contribution < 1.29 is 4.79 Å². The van der Waals surface area contributed by atoms with Gasteiger partial charge in [-0.3, -0.25) is 14.2 Å². The molecule has 0 bridgehead atoms. The van der Waals surface area contributed by atoms with E-state index in [0.717, 1.165) is 6.42 Å². The molecule has 1 amide bonds. The largest absolute Gasteiger partial charge is 0.332 e. The predicted octanol–water partition coefficient (Wildman–Crippen LogP) is 3.50. The zero-order chi connectivity index (χ0) is 18.8. The Morgan fingerprint density at radius 1 is 1.35 bits per heavy atom. The van der Waals surface area contributed by atoms with Gasteiger partial charge in [0, 0.05) is 18.2 Å². The number of hydrogen-bond acceptors (Lipinski definition) is 4. The Hall–Kier alpha value is -2.74. The SMILES string of the molecule is CCC(C)n1nccc1NC(=O)c1ccc2c(=O)n(CC)c(=S)[nH]c2c1. The van der Waals surface area contributed by atoms with E-state index in [9.17, 15) is 9.59 Å². The number of amides is 1. The maximum absolute atomic E-state index is 12.6. The normalized spacial score (nSPS) is 12.3. The fourth-order valence-electron chi connectivity index (χ4n) is 2.81. The van der Waals surface area contributed by atoms with Gasteiger partial charge in [0.1, 0.15) is 5.82 Å². The Bertz CT molecular complexity index is 1080. The molecule has 0 fully saturated rings. The van der Waals surface area contributed by atoms with Gasteiger partial charge in [0.2, 0.25) is 0 Å². The van der Waals surface area contributed by atoms with Crippen LogP contribution in [0.2, 0.25) is 0 Å². The molecule has 0 saturated heterocycles. The lowest BCUT2D eigenvalue weighted by Crippen LogP contribution is -2.22. The third kappa shape index (κ3) is 3.20. The maximum atomic E-state index is 12.6. The van der Waals surface area contributed by atoms with Crippen molar-refractivity contribution in [1.29, 1.82) is 0 Å². The van der Waals surface area contributed by atoms with Gasteiger partial charge in [0.25, 0.3) is 11.5 Å². The van der Waals surface area contributed by atoms with Gasteiger partial charge in [-0.15, -0.1) is 0 Å². The molecule has 0 aliphatic rings. The summed E-state index contributed by atoms with van der Waals surface area (Å²) in [4.78, 5) is 28.1. The van der Waals surface area contributed by atoms with Crippen molar-refractivity contribution in [1.82, 2.24) is 19.3 Å². The second kappa shape index (κ2) is 7.25. The van der Waals surface area contributed by atoms with Crippen molar-refractivity contribution in [2.75, 3.05) is 5.32 Å². The summed E-state index contributed by atoms with van der Waals surface area (Å²) in [5, 5.41) is 7.64. The average molecular weight is 371 g/mol. The van der Waals surface area contributed by atoms with E-state index < -0.39 is 0 Å². The van der Waals surface area contributed by atoms with E-state index in [-0.39, 0.29) is 17.5 Å². The highest BCUT2D eigenvalue weighted by Crippen LogP contribution is 2.18. The molecular formula is C18H21N5O2S. The first-order valence-corrected chi connectivity index (χ1v) is 8.98. The molecule has 8 heteroatoms. The number of carbonyl (C=O) groups excluding carboxylic acids is 1. The van der Waals surface area contributed by atoms with Gasteiger partial charge in [-0.25, -0.2) is 4.68 Å². The van der Waals surface area contributed by atoms with E-state index in [2.05, 4.69) is 22.3 Å². The van der Waals surface area contributed by atoms with Crippen LogP contribution in [0.3, 0.4) is 0 Å². The molecule has 2 aromatic heterocycles. The molecule has 2 heterocycles. The van der Waals surface area contributed by atoms with Gasteiger partial charge < -0.3 is 10.3 Å². The fourth-order valence-corrected chi connectivity index (χ4v) is 3.13. The first kappa shape index (κ1) is 18.1. The van der Waals surface area contributed by atoms with Crippen LogP contribution in [0.1, 0.15) is 43.6 Å². The van der Waals surface area contributed by atoms with E-state index in [1.807, 2.05) is 13.8 Å². The van der Waals surface area contributed by atoms with Crippen LogP contribution < -0.4 is 10.9 Å². The molecule has 1 atom stereocenters. The van der Waals surface area contributed by atoms with Crippen LogP contribution in [0.4, 0.5) is 5.82 Å². The molecule has 0 saturated carbocycles. The van der Waals surface area contributed by atoms with Gasteiger partial charge in [-0.2, -0.15) is 5.10 Å². The molecule has 2 N–H and O–H groups in total. The molecule has 3 rings (SSSR count). The summed E-state index contributed by atoms with van der Waals surface area (Å²) in [6.45, 7) is 6.45. The lowest BCUT2D eigenvalue weighted by molar-refractivity contribution is 0.102. The lowest BCUT2D eigenvalue weighted by atomic mass is 10.1. The molecule has 0 spiro atoms. The summed E-state index contributed by atoms with van der Waals surface area (Å²) in [6.07, 6.45) is 2.56. The number of hydrogen-bond donors (Lipinski definition) is 2. The summed E-state index contributed by atoms with van der Waals surface area (Å²) in [5.74, 6) is 0.370. The third-order valence-corrected chi connectivity index (χ3v) is 4.80. The van der Waals surface area contributed by atoms with Crippen LogP contribution in [0.5, 0.6) is 0 Å². The molecular weight excluding hydrogens is 350 g/mol. The van der Waals surface area contributed by atoms with Crippen molar-refractivity contribution in [3.05, 3.63) is 51.2 Å². The zero-order valence-electron chi connectivity index (χ0n) is 14.9. The van der Waals surface area contributed by atoms with Crippen LogP contribution >= 0.6 is 12.2 Å². The number of nitrogens with zero attached hydrogens (tertiary/aromatic N) is 3. The van der Waals surface area contributed by atoms with Crippen molar-refractivity contribution in [2.45, 2.75) is 39.8 Å². The highest BCUT2D eigenvalue weighted by Gasteiger charge is 2.14. The minimum absolute atomic E-state index is 0.159. The smallest absolute Gasteiger partial charge is 0.262 e. The Kier molecular flexibility index (Phi) is 5.03. The number of benzene rings is 1. The van der Waals surface area contributed by atoms with Crippen molar-refractivity contribution >= 4 is 34.8 Å². The standard InChI is InChI=1S/C18H21N5O2S/c1-4-11(3)23-15(8-9-19-23)21-16(24)12-6-7-13-14(10-12)20-18(26)22(5-2)17(13)25/h6-11H,4-5H2,1-3H3,(H,20,26)(H,21,24).